The number of hydrogen-bond acceptors (Lipinski definition) is 3. The van der Waals surface area contributed by atoms with Crippen molar-refractivity contribution in [2.24, 2.45) is 0 Å². The van der Waals surface area contributed by atoms with Gasteiger partial charge in [-0.05, 0) is 43.2 Å². The van der Waals surface area contributed by atoms with Gasteiger partial charge >= 0.3 is 0 Å². The summed E-state index contributed by atoms with van der Waals surface area (Å²) in [6.45, 7) is 4.56. The summed E-state index contributed by atoms with van der Waals surface area (Å²) in [7, 11) is 0. The minimum Gasteiger partial charge on any atom is -0.355 e. The predicted octanol–water partition coefficient (Wildman–Crippen LogP) is 4.37. The lowest BCUT2D eigenvalue weighted by molar-refractivity contribution is 0.0946. The molecule has 0 unspecified atom stereocenters. The lowest BCUT2D eigenvalue weighted by Crippen LogP contribution is -2.23. The molecule has 2 N–H and O–H groups in total. The molecule has 0 saturated heterocycles. The third-order valence-corrected chi connectivity index (χ3v) is 3.95. The van der Waals surface area contributed by atoms with Crippen molar-refractivity contribution in [3.05, 3.63) is 89.2 Å². The number of aromatic nitrogens is 1. The number of aryl methyl sites for hydroxylation is 2. The van der Waals surface area contributed by atoms with Crippen molar-refractivity contribution in [2.75, 3.05) is 5.32 Å². The van der Waals surface area contributed by atoms with Crippen LogP contribution in [0.5, 0.6) is 0 Å². The molecule has 0 radical (unpaired) electrons. The summed E-state index contributed by atoms with van der Waals surface area (Å²) in [5.41, 5.74) is 5.64. The molecule has 0 spiro atoms. The Balaban J connectivity index is 1.68. The largest absolute Gasteiger partial charge is 0.355 e. The van der Waals surface area contributed by atoms with Crippen LogP contribution in [0.15, 0.2) is 66.9 Å². The first-order valence-corrected chi connectivity index (χ1v) is 8.24. The average Bonchev–Trinajstić information content (AvgIpc) is 2.62. The number of amides is 1. The van der Waals surface area contributed by atoms with Crippen LogP contribution in [0.1, 0.15) is 27.2 Å². The number of nitrogens with one attached hydrogen (secondary N) is 2. The molecule has 0 atom stereocenters. The highest BCUT2D eigenvalue weighted by Gasteiger charge is 2.08. The molecule has 1 amide bonds. The Kier molecular flexibility index (Phi) is 5.09. The summed E-state index contributed by atoms with van der Waals surface area (Å²) in [4.78, 5) is 16.6. The van der Waals surface area contributed by atoms with Crippen molar-refractivity contribution in [3.63, 3.8) is 0 Å². The minimum atomic E-state index is -0.185. The Morgan fingerprint density at radius 2 is 1.84 bits per heavy atom. The van der Waals surface area contributed by atoms with Gasteiger partial charge in [-0.2, -0.15) is 0 Å². The van der Waals surface area contributed by atoms with E-state index in [9.17, 15) is 4.79 Å². The maximum Gasteiger partial charge on any atom is 0.270 e. The number of rotatable bonds is 5. The van der Waals surface area contributed by atoms with Crippen LogP contribution >= 0.6 is 0 Å². The van der Waals surface area contributed by atoms with E-state index in [1.165, 1.54) is 5.56 Å². The molecule has 0 saturated carbocycles. The van der Waals surface area contributed by atoms with Gasteiger partial charge in [0.05, 0.1) is 0 Å². The van der Waals surface area contributed by atoms with Gasteiger partial charge in [-0.15, -0.1) is 0 Å². The molecule has 1 heterocycles. The van der Waals surface area contributed by atoms with Crippen molar-refractivity contribution in [1.29, 1.82) is 0 Å². The zero-order valence-electron chi connectivity index (χ0n) is 14.4. The molecule has 0 aliphatic heterocycles. The number of carbonyl (C=O) groups is 1. The van der Waals surface area contributed by atoms with Gasteiger partial charge in [0.2, 0.25) is 0 Å². The van der Waals surface area contributed by atoms with E-state index in [2.05, 4.69) is 21.7 Å². The number of para-hydroxylation sites is 1. The zero-order chi connectivity index (χ0) is 17.6. The number of anilines is 2. The van der Waals surface area contributed by atoms with Crippen LogP contribution in [-0.4, -0.2) is 10.9 Å². The molecule has 1 aromatic heterocycles. The molecule has 3 rings (SSSR count). The zero-order valence-corrected chi connectivity index (χ0v) is 14.4. The standard InChI is InChI=1S/C21H21N3O/c1-15-6-5-8-17(12-15)14-23-21(25)20-13-18(10-11-22-20)24-19-9-4-3-7-16(19)2/h3-13H,14H2,1-2H3,(H,22,24)(H,23,25). The van der Waals surface area contributed by atoms with Gasteiger partial charge < -0.3 is 10.6 Å². The third kappa shape index (κ3) is 4.44. The highest BCUT2D eigenvalue weighted by atomic mass is 16.1. The van der Waals surface area contributed by atoms with Crippen LogP contribution in [0.25, 0.3) is 0 Å². The van der Waals surface area contributed by atoms with Gasteiger partial charge in [-0.25, -0.2) is 0 Å². The molecule has 2 aromatic carbocycles. The summed E-state index contributed by atoms with van der Waals surface area (Å²) in [6.07, 6.45) is 1.64. The van der Waals surface area contributed by atoms with Crippen molar-refractivity contribution < 1.29 is 4.79 Å². The number of hydrogen-bond donors (Lipinski definition) is 2. The normalized spacial score (nSPS) is 10.3. The topological polar surface area (TPSA) is 54.0 Å². The van der Waals surface area contributed by atoms with Crippen molar-refractivity contribution >= 4 is 17.3 Å². The van der Waals surface area contributed by atoms with Gasteiger partial charge in [0, 0.05) is 24.1 Å². The summed E-state index contributed by atoms with van der Waals surface area (Å²) in [5.74, 6) is -0.185. The second-order valence-corrected chi connectivity index (χ2v) is 6.04. The number of carbonyl (C=O) groups excluding carboxylic acids is 1. The maximum atomic E-state index is 12.4. The molecule has 4 heteroatoms. The summed E-state index contributed by atoms with van der Waals surface area (Å²) in [5, 5.41) is 6.24. The molecule has 126 valence electrons. The van der Waals surface area contributed by atoms with Crippen molar-refractivity contribution in [1.82, 2.24) is 10.3 Å². The predicted molar refractivity (Wildman–Crippen MR) is 101 cm³/mol. The molecule has 4 nitrogen and oxygen atoms in total. The number of pyridine rings is 1. The first kappa shape index (κ1) is 16.7. The lowest BCUT2D eigenvalue weighted by atomic mass is 10.1. The van der Waals surface area contributed by atoms with Gasteiger partial charge in [-0.3, -0.25) is 9.78 Å². The van der Waals surface area contributed by atoms with Gasteiger partial charge in [0.1, 0.15) is 5.69 Å². The molecule has 25 heavy (non-hydrogen) atoms. The first-order valence-electron chi connectivity index (χ1n) is 8.24. The fourth-order valence-corrected chi connectivity index (χ4v) is 2.60. The molecule has 0 bridgehead atoms. The molecule has 0 aliphatic rings. The number of benzene rings is 2. The van der Waals surface area contributed by atoms with Crippen molar-refractivity contribution in [3.8, 4) is 0 Å². The third-order valence-electron chi connectivity index (χ3n) is 3.95. The van der Waals surface area contributed by atoms with Gasteiger partial charge in [-0.1, -0.05) is 48.0 Å². The Morgan fingerprint density at radius 1 is 1.00 bits per heavy atom. The van der Waals surface area contributed by atoms with E-state index < -0.39 is 0 Å². The first-order chi connectivity index (χ1) is 12.1. The monoisotopic (exact) mass is 331 g/mol. The van der Waals surface area contributed by atoms with Crippen LogP contribution < -0.4 is 10.6 Å². The second kappa shape index (κ2) is 7.62. The fraction of sp³-hybridized carbons (Fsp3) is 0.143. The fourth-order valence-electron chi connectivity index (χ4n) is 2.60. The molecule has 0 fully saturated rings. The summed E-state index contributed by atoms with van der Waals surface area (Å²) >= 11 is 0. The van der Waals surface area contributed by atoms with E-state index in [0.717, 1.165) is 22.5 Å². The molecule has 3 aromatic rings. The van der Waals surface area contributed by atoms with Crippen LogP contribution in [0.3, 0.4) is 0 Å². The number of nitrogens with zero attached hydrogens (tertiary/aromatic N) is 1. The SMILES string of the molecule is Cc1cccc(CNC(=O)c2cc(Nc3ccccc3C)ccn2)c1. The van der Waals surface area contributed by atoms with E-state index in [-0.39, 0.29) is 5.91 Å². The Labute approximate surface area is 147 Å². The van der Waals surface area contributed by atoms with Gasteiger partial charge in [0.15, 0.2) is 0 Å². The van der Waals surface area contributed by atoms with E-state index in [1.807, 2.05) is 62.4 Å². The van der Waals surface area contributed by atoms with Crippen LogP contribution in [0.2, 0.25) is 0 Å². The summed E-state index contributed by atoms with van der Waals surface area (Å²) < 4.78 is 0. The van der Waals surface area contributed by atoms with Crippen LogP contribution in [0, 0.1) is 13.8 Å². The Morgan fingerprint density at radius 3 is 2.64 bits per heavy atom. The average molecular weight is 331 g/mol. The lowest BCUT2D eigenvalue weighted by Gasteiger charge is -2.10. The van der Waals surface area contributed by atoms with Crippen molar-refractivity contribution in [2.45, 2.75) is 20.4 Å². The van der Waals surface area contributed by atoms with E-state index in [0.29, 0.717) is 12.2 Å². The second-order valence-electron chi connectivity index (χ2n) is 6.04. The van der Waals surface area contributed by atoms with E-state index in [1.54, 1.807) is 12.3 Å². The quantitative estimate of drug-likeness (QED) is 0.730. The Bertz CT molecular complexity index is 890. The van der Waals surface area contributed by atoms with E-state index in [4.69, 9.17) is 0 Å². The minimum absolute atomic E-state index is 0.185. The molecular weight excluding hydrogens is 310 g/mol. The maximum absolute atomic E-state index is 12.4. The molecular formula is C21H21N3O. The smallest absolute Gasteiger partial charge is 0.270 e. The summed E-state index contributed by atoms with van der Waals surface area (Å²) in [6, 6.07) is 19.7. The highest BCUT2D eigenvalue weighted by Crippen LogP contribution is 2.20. The highest BCUT2D eigenvalue weighted by molar-refractivity contribution is 5.93. The van der Waals surface area contributed by atoms with Gasteiger partial charge in [0.25, 0.3) is 5.91 Å². The Hall–Kier alpha value is -3.14. The van der Waals surface area contributed by atoms with E-state index >= 15 is 0 Å². The molecule has 0 aliphatic carbocycles. The van der Waals surface area contributed by atoms with Crippen LogP contribution in [-0.2, 0) is 6.54 Å². The van der Waals surface area contributed by atoms with Crippen LogP contribution in [0.4, 0.5) is 11.4 Å².